The van der Waals surface area contributed by atoms with E-state index in [1.165, 1.54) is 32.0 Å². The third-order valence-corrected chi connectivity index (χ3v) is 4.82. The van der Waals surface area contributed by atoms with Gasteiger partial charge in [-0.25, -0.2) is 9.97 Å². The smallest absolute Gasteiger partial charge is 0.270 e. The summed E-state index contributed by atoms with van der Waals surface area (Å²) in [4.78, 5) is 20.7. The van der Waals surface area contributed by atoms with Gasteiger partial charge in [0.25, 0.3) is 5.91 Å². The van der Waals surface area contributed by atoms with Gasteiger partial charge >= 0.3 is 0 Å². The third kappa shape index (κ3) is 6.11. The number of amides is 1. The number of nitrogens with one attached hydrogen (secondary N) is 2. The molecule has 1 aliphatic rings. The summed E-state index contributed by atoms with van der Waals surface area (Å²) in [6.45, 7) is 0.761. The Morgan fingerprint density at radius 3 is 2.50 bits per heavy atom. The van der Waals surface area contributed by atoms with Crippen LogP contribution in [0.5, 0.6) is 11.5 Å². The summed E-state index contributed by atoms with van der Waals surface area (Å²) in [6.07, 6.45) is 8.81. The molecule has 1 amide bonds. The molecule has 1 fully saturated rings. The number of rotatable bonds is 8. The van der Waals surface area contributed by atoms with Gasteiger partial charge in [0.15, 0.2) is 0 Å². The van der Waals surface area contributed by atoms with Crippen LogP contribution < -0.4 is 20.1 Å². The zero-order valence-electron chi connectivity index (χ0n) is 16.3. The number of ether oxygens (including phenoxy) is 2. The predicted molar refractivity (Wildman–Crippen MR) is 108 cm³/mol. The second kappa shape index (κ2) is 10.5. The molecule has 150 valence electrons. The second-order valence-corrected chi connectivity index (χ2v) is 6.90. The van der Waals surface area contributed by atoms with Crippen LogP contribution in [0.15, 0.2) is 36.7 Å². The van der Waals surface area contributed by atoms with E-state index in [4.69, 9.17) is 9.47 Å². The molecule has 1 aromatic carbocycles. The van der Waals surface area contributed by atoms with E-state index in [-0.39, 0.29) is 5.91 Å². The van der Waals surface area contributed by atoms with Crippen molar-refractivity contribution in [1.82, 2.24) is 15.3 Å². The van der Waals surface area contributed by atoms with Crippen molar-refractivity contribution in [3.05, 3.63) is 42.4 Å². The number of hydrogen-bond donors (Lipinski definition) is 2. The molecule has 2 aromatic rings. The van der Waals surface area contributed by atoms with Gasteiger partial charge in [-0.3, -0.25) is 4.79 Å². The summed E-state index contributed by atoms with van der Waals surface area (Å²) < 4.78 is 10.7. The molecule has 1 aromatic heterocycles. The van der Waals surface area contributed by atoms with Crippen LogP contribution >= 0.6 is 0 Å². The highest BCUT2D eigenvalue weighted by molar-refractivity contribution is 5.92. The van der Waals surface area contributed by atoms with E-state index in [1.807, 2.05) is 24.3 Å². The number of methoxy groups -OCH3 is 1. The number of aromatic nitrogens is 2. The molecule has 2 N–H and O–H groups in total. The van der Waals surface area contributed by atoms with E-state index in [0.717, 1.165) is 24.3 Å². The Morgan fingerprint density at radius 1 is 1.07 bits per heavy atom. The molecular weight excluding hydrogens is 356 g/mol. The molecule has 0 saturated heterocycles. The van der Waals surface area contributed by atoms with Crippen LogP contribution in [0.1, 0.15) is 49.0 Å². The molecular formula is C21H28N4O3. The lowest BCUT2D eigenvalue weighted by Gasteiger charge is -2.17. The maximum atomic E-state index is 12.3. The first kappa shape index (κ1) is 19.9. The van der Waals surface area contributed by atoms with Crippen molar-refractivity contribution in [2.45, 2.75) is 44.6 Å². The van der Waals surface area contributed by atoms with Gasteiger partial charge in [0, 0.05) is 12.1 Å². The number of anilines is 1. The van der Waals surface area contributed by atoms with Gasteiger partial charge in [-0.2, -0.15) is 0 Å². The first-order valence-electron chi connectivity index (χ1n) is 9.88. The molecule has 1 aliphatic carbocycles. The fourth-order valence-corrected chi connectivity index (χ4v) is 3.29. The average molecular weight is 384 g/mol. The van der Waals surface area contributed by atoms with Crippen molar-refractivity contribution in [1.29, 1.82) is 0 Å². The monoisotopic (exact) mass is 384 g/mol. The fourth-order valence-electron chi connectivity index (χ4n) is 3.29. The Kier molecular flexibility index (Phi) is 7.46. The summed E-state index contributed by atoms with van der Waals surface area (Å²) in [5.41, 5.74) is 0.357. The van der Waals surface area contributed by atoms with Crippen LogP contribution in [-0.2, 0) is 0 Å². The third-order valence-electron chi connectivity index (χ3n) is 4.82. The molecule has 0 spiro atoms. The Bertz CT molecular complexity index is 744. The van der Waals surface area contributed by atoms with Crippen LogP contribution in [0, 0.1) is 0 Å². The summed E-state index contributed by atoms with van der Waals surface area (Å²) in [5.74, 6) is 1.98. The number of carbonyl (C=O) groups excluding carboxylic acids is 1. The zero-order chi connectivity index (χ0) is 19.6. The van der Waals surface area contributed by atoms with Gasteiger partial charge in [-0.05, 0) is 37.1 Å². The van der Waals surface area contributed by atoms with E-state index in [1.54, 1.807) is 13.2 Å². The maximum absolute atomic E-state index is 12.3. The molecule has 0 unspecified atom stereocenters. The fraction of sp³-hybridized carbons (Fsp3) is 0.476. The van der Waals surface area contributed by atoms with Gasteiger partial charge in [0.1, 0.15) is 35.9 Å². The van der Waals surface area contributed by atoms with E-state index in [9.17, 15) is 4.79 Å². The van der Waals surface area contributed by atoms with Crippen molar-refractivity contribution < 1.29 is 14.3 Å². The molecule has 3 rings (SSSR count). The second-order valence-electron chi connectivity index (χ2n) is 6.90. The van der Waals surface area contributed by atoms with Gasteiger partial charge < -0.3 is 20.1 Å². The Balaban J connectivity index is 1.44. The zero-order valence-corrected chi connectivity index (χ0v) is 16.3. The van der Waals surface area contributed by atoms with Gasteiger partial charge in [0.2, 0.25) is 0 Å². The topological polar surface area (TPSA) is 85.4 Å². The van der Waals surface area contributed by atoms with Crippen molar-refractivity contribution in [3.8, 4) is 11.5 Å². The number of benzene rings is 1. The molecule has 1 heterocycles. The first-order valence-corrected chi connectivity index (χ1v) is 9.88. The van der Waals surface area contributed by atoms with Crippen molar-refractivity contribution in [3.63, 3.8) is 0 Å². The molecule has 7 nitrogen and oxygen atoms in total. The highest BCUT2D eigenvalue weighted by atomic mass is 16.5. The Labute approximate surface area is 165 Å². The van der Waals surface area contributed by atoms with E-state index >= 15 is 0 Å². The number of nitrogens with zero attached hydrogens (tertiary/aromatic N) is 2. The Hall–Kier alpha value is -2.83. The average Bonchev–Trinajstić information content (AvgIpc) is 3.00. The standard InChI is InChI=1S/C21H28N4O3/c1-27-17-8-10-18(11-9-17)28-13-12-22-21(26)19-14-20(24-15-23-19)25-16-6-4-2-3-5-7-16/h8-11,14-16H,2-7,12-13H2,1H3,(H,22,26)(H,23,24,25). The van der Waals surface area contributed by atoms with Gasteiger partial charge in [-0.15, -0.1) is 0 Å². The molecule has 1 saturated carbocycles. The van der Waals surface area contributed by atoms with Crippen molar-refractivity contribution in [2.75, 3.05) is 25.6 Å². The largest absolute Gasteiger partial charge is 0.497 e. The molecule has 28 heavy (non-hydrogen) atoms. The minimum absolute atomic E-state index is 0.232. The first-order chi connectivity index (χ1) is 13.7. The molecule has 0 atom stereocenters. The maximum Gasteiger partial charge on any atom is 0.270 e. The molecule has 0 bridgehead atoms. The highest BCUT2D eigenvalue weighted by Crippen LogP contribution is 2.20. The normalized spacial score (nSPS) is 14.8. The number of carbonyl (C=O) groups is 1. The van der Waals surface area contributed by atoms with E-state index in [2.05, 4.69) is 20.6 Å². The van der Waals surface area contributed by atoms with Crippen molar-refractivity contribution >= 4 is 11.7 Å². The minimum atomic E-state index is -0.232. The van der Waals surface area contributed by atoms with Crippen LogP contribution in [0.25, 0.3) is 0 Å². The lowest BCUT2D eigenvalue weighted by atomic mass is 10.1. The molecule has 0 radical (unpaired) electrons. The van der Waals surface area contributed by atoms with E-state index < -0.39 is 0 Å². The molecule has 0 aliphatic heterocycles. The van der Waals surface area contributed by atoms with Crippen LogP contribution in [-0.4, -0.2) is 42.2 Å². The van der Waals surface area contributed by atoms with Gasteiger partial charge in [-0.1, -0.05) is 25.7 Å². The summed E-state index contributed by atoms with van der Waals surface area (Å²) in [5, 5.41) is 6.27. The summed E-state index contributed by atoms with van der Waals surface area (Å²) >= 11 is 0. The lowest BCUT2D eigenvalue weighted by Crippen LogP contribution is -2.29. The lowest BCUT2D eigenvalue weighted by molar-refractivity contribution is 0.0942. The summed E-state index contributed by atoms with van der Waals surface area (Å²) in [6, 6.07) is 9.46. The minimum Gasteiger partial charge on any atom is -0.497 e. The molecule has 7 heteroatoms. The number of hydrogen-bond acceptors (Lipinski definition) is 6. The quantitative estimate of drug-likeness (QED) is 0.536. The predicted octanol–water partition coefficient (Wildman–Crippen LogP) is 3.43. The van der Waals surface area contributed by atoms with Crippen molar-refractivity contribution in [2.24, 2.45) is 0 Å². The van der Waals surface area contributed by atoms with E-state index in [0.29, 0.717) is 30.7 Å². The summed E-state index contributed by atoms with van der Waals surface area (Å²) in [7, 11) is 1.62. The van der Waals surface area contributed by atoms with Gasteiger partial charge in [0.05, 0.1) is 13.7 Å². The van der Waals surface area contributed by atoms with Crippen LogP contribution in [0.2, 0.25) is 0 Å². The highest BCUT2D eigenvalue weighted by Gasteiger charge is 2.14. The van der Waals surface area contributed by atoms with Crippen LogP contribution in [0.4, 0.5) is 5.82 Å². The SMILES string of the molecule is COc1ccc(OCCNC(=O)c2cc(NC3CCCCCC3)ncn2)cc1. The van der Waals surface area contributed by atoms with Crippen LogP contribution in [0.3, 0.4) is 0 Å². The Morgan fingerprint density at radius 2 is 1.79 bits per heavy atom.